The van der Waals surface area contributed by atoms with E-state index in [9.17, 15) is 23.1 Å². The van der Waals surface area contributed by atoms with Crippen LogP contribution in [-0.4, -0.2) is 22.1 Å². The molecule has 0 fully saturated rings. The summed E-state index contributed by atoms with van der Waals surface area (Å²) in [6.07, 6.45) is 1.89. The first-order valence-electron chi connectivity index (χ1n) is 9.36. The Morgan fingerprint density at radius 1 is 1.13 bits per heavy atom. The normalized spacial score (nSPS) is 12.3. The van der Waals surface area contributed by atoms with Crippen molar-refractivity contribution in [1.82, 2.24) is 9.88 Å². The second-order valence-corrected chi connectivity index (χ2v) is 6.68. The molecule has 0 saturated heterocycles. The fourth-order valence-electron chi connectivity index (χ4n) is 3.19. The molecule has 2 aromatic carbocycles. The van der Waals surface area contributed by atoms with Gasteiger partial charge in [0.1, 0.15) is 11.4 Å². The quantitative estimate of drug-likeness (QED) is 0.543. The minimum atomic E-state index is -4.48. The van der Waals surface area contributed by atoms with Crippen LogP contribution in [0.25, 0.3) is 23.1 Å². The maximum absolute atomic E-state index is 13.3. The Kier molecular flexibility index (Phi) is 6.30. The highest BCUT2D eigenvalue weighted by Crippen LogP contribution is 2.33. The number of hydrogen-bond donors (Lipinski definition) is 2. The molecular formula is C23H21F3N2O2. The number of aromatic hydroxyl groups is 1. The Bertz CT molecular complexity index is 1110. The molecule has 3 aromatic rings. The molecule has 0 bridgehead atoms. The number of fused-ring (bicyclic) bond motifs is 1. The lowest BCUT2D eigenvalue weighted by Gasteiger charge is -2.13. The van der Waals surface area contributed by atoms with E-state index in [4.69, 9.17) is 0 Å². The Balaban J connectivity index is 1.65. The first kappa shape index (κ1) is 21.2. The molecular weight excluding hydrogens is 393 g/mol. The fourth-order valence-corrected chi connectivity index (χ4v) is 3.19. The van der Waals surface area contributed by atoms with Crippen molar-refractivity contribution in [3.05, 3.63) is 77.5 Å². The standard InChI is InChI=1S/C23H21F3N2O2/c1-2-5-17-10-8-16(14-20(17)29)9-11-22(30)27-12-13-28-19-7-4-3-6-18(19)15-21(28)23(24,25)26/h2-11,14-15,29H,12-13H2,1H3,(H,27,30). The van der Waals surface area contributed by atoms with Crippen LogP contribution in [0.3, 0.4) is 0 Å². The van der Waals surface area contributed by atoms with Crippen molar-refractivity contribution in [2.24, 2.45) is 0 Å². The summed E-state index contributed by atoms with van der Waals surface area (Å²) in [6, 6.07) is 12.7. The van der Waals surface area contributed by atoms with Crippen LogP contribution in [-0.2, 0) is 17.5 Å². The second-order valence-electron chi connectivity index (χ2n) is 6.68. The van der Waals surface area contributed by atoms with Crippen LogP contribution in [0.5, 0.6) is 5.75 Å². The number of nitrogens with one attached hydrogen (secondary N) is 1. The lowest BCUT2D eigenvalue weighted by molar-refractivity contribution is -0.143. The zero-order valence-electron chi connectivity index (χ0n) is 16.3. The summed E-state index contributed by atoms with van der Waals surface area (Å²) < 4.78 is 41.2. The zero-order valence-corrected chi connectivity index (χ0v) is 16.3. The first-order valence-corrected chi connectivity index (χ1v) is 9.36. The van der Waals surface area contributed by atoms with Gasteiger partial charge in [-0.3, -0.25) is 4.79 Å². The van der Waals surface area contributed by atoms with Crippen LogP contribution in [0.2, 0.25) is 0 Å². The molecule has 0 atom stereocenters. The average molecular weight is 414 g/mol. The summed E-state index contributed by atoms with van der Waals surface area (Å²) in [5.74, 6) is -0.341. The number of para-hydroxylation sites is 1. The third-order valence-electron chi connectivity index (χ3n) is 4.56. The summed E-state index contributed by atoms with van der Waals surface area (Å²) in [6.45, 7) is 1.86. The number of carbonyl (C=O) groups is 1. The van der Waals surface area contributed by atoms with Gasteiger partial charge in [0.05, 0.1) is 0 Å². The molecule has 156 valence electrons. The van der Waals surface area contributed by atoms with Gasteiger partial charge in [-0.15, -0.1) is 0 Å². The number of amides is 1. The van der Waals surface area contributed by atoms with Gasteiger partial charge in [0, 0.05) is 35.6 Å². The van der Waals surface area contributed by atoms with E-state index in [2.05, 4.69) is 5.32 Å². The molecule has 2 N–H and O–H groups in total. The maximum Gasteiger partial charge on any atom is 0.431 e. The Morgan fingerprint density at radius 3 is 2.60 bits per heavy atom. The lowest BCUT2D eigenvalue weighted by Crippen LogP contribution is -2.26. The Labute approximate surface area is 171 Å². The largest absolute Gasteiger partial charge is 0.507 e. The van der Waals surface area contributed by atoms with Crippen LogP contribution in [0.4, 0.5) is 13.2 Å². The van der Waals surface area contributed by atoms with Crippen LogP contribution in [0.1, 0.15) is 23.7 Å². The monoisotopic (exact) mass is 414 g/mol. The molecule has 1 aromatic heterocycles. The lowest BCUT2D eigenvalue weighted by atomic mass is 10.1. The van der Waals surface area contributed by atoms with E-state index in [-0.39, 0.29) is 18.8 Å². The van der Waals surface area contributed by atoms with Gasteiger partial charge in [-0.2, -0.15) is 13.2 Å². The smallest absolute Gasteiger partial charge is 0.431 e. The summed E-state index contributed by atoms with van der Waals surface area (Å²) in [5, 5.41) is 13.0. The van der Waals surface area contributed by atoms with Crippen molar-refractivity contribution in [1.29, 1.82) is 0 Å². The van der Waals surface area contributed by atoms with Gasteiger partial charge in [0.25, 0.3) is 0 Å². The molecule has 3 rings (SSSR count). The van der Waals surface area contributed by atoms with Crippen LogP contribution in [0.15, 0.2) is 60.7 Å². The molecule has 0 unspecified atom stereocenters. The fraction of sp³-hybridized carbons (Fsp3) is 0.174. The highest BCUT2D eigenvalue weighted by Gasteiger charge is 2.35. The predicted molar refractivity (Wildman–Crippen MR) is 112 cm³/mol. The molecule has 0 aliphatic carbocycles. The van der Waals surface area contributed by atoms with Gasteiger partial charge in [0.15, 0.2) is 0 Å². The summed E-state index contributed by atoms with van der Waals surface area (Å²) in [5.41, 5.74) is 1.02. The molecule has 1 amide bonds. The van der Waals surface area contributed by atoms with E-state index in [1.54, 1.807) is 48.6 Å². The maximum atomic E-state index is 13.3. The van der Waals surface area contributed by atoms with E-state index >= 15 is 0 Å². The number of allylic oxidation sites excluding steroid dienone is 1. The molecule has 4 nitrogen and oxygen atoms in total. The number of nitrogens with zero attached hydrogens (tertiary/aromatic N) is 1. The summed E-state index contributed by atoms with van der Waals surface area (Å²) >= 11 is 0. The number of alkyl halides is 3. The van der Waals surface area contributed by atoms with Crippen molar-refractivity contribution >= 4 is 29.0 Å². The van der Waals surface area contributed by atoms with E-state index in [0.717, 1.165) is 10.6 Å². The first-order chi connectivity index (χ1) is 14.3. The van der Waals surface area contributed by atoms with Gasteiger partial charge in [-0.25, -0.2) is 0 Å². The number of hydrogen-bond acceptors (Lipinski definition) is 2. The number of carbonyl (C=O) groups excluding carboxylic acids is 1. The van der Waals surface area contributed by atoms with Crippen molar-refractivity contribution in [2.45, 2.75) is 19.6 Å². The number of benzene rings is 2. The van der Waals surface area contributed by atoms with E-state index in [1.807, 2.05) is 6.92 Å². The van der Waals surface area contributed by atoms with Gasteiger partial charge >= 0.3 is 6.18 Å². The van der Waals surface area contributed by atoms with Gasteiger partial charge < -0.3 is 15.0 Å². The summed E-state index contributed by atoms with van der Waals surface area (Å²) in [4.78, 5) is 12.0. The van der Waals surface area contributed by atoms with E-state index in [0.29, 0.717) is 22.0 Å². The number of rotatable bonds is 6. The highest BCUT2D eigenvalue weighted by molar-refractivity contribution is 5.91. The van der Waals surface area contributed by atoms with Crippen molar-refractivity contribution in [2.75, 3.05) is 6.54 Å². The topological polar surface area (TPSA) is 54.3 Å². The third kappa shape index (κ3) is 4.92. The number of halogens is 3. The zero-order chi connectivity index (χ0) is 21.7. The molecule has 0 saturated carbocycles. The molecule has 30 heavy (non-hydrogen) atoms. The Morgan fingerprint density at radius 2 is 1.90 bits per heavy atom. The van der Waals surface area contributed by atoms with Crippen LogP contribution in [0, 0.1) is 0 Å². The molecule has 1 heterocycles. The minimum Gasteiger partial charge on any atom is -0.507 e. The number of aromatic nitrogens is 1. The van der Waals surface area contributed by atoms with Crippen molar-refractivity contribution < 1.29 is 23.1 Å². The molecule has 0 spiro atoms. The van der Waals surface area contributed by atoms with E-state index in [1.165, 1.54) is 18.2 Å². The summed E-state index contributed by atoms with van der Waals surface area (Å²) in [7, 11) is 0. The predicted octanol–water partition coefficient (Wildman–Crippen LogP) is 5.23. The van der Waals surface area contributed by atoms with Gasteiger partial charge in [-0.05, 0) is 36.8 Å². The number of phenolic OH excluding ortho intramolecular Hbond substituents is 1. The second kappa shape index (κ2) is 8.90. The molecule has 7 heteroatoms. The van der Waals surface area contributed by atoms with Gasteiger partial charge in [-0.1, -0.05) is 42.5 Å². The van der Waals surface area contributed by atoms with Crippen molar-refractivity contribution in [3.63, 3.8) is 0 Å². The van der Waals surface area contributed by atoms with Crippen LogP contribution >= 0.6 is 0 Å². The Hall–Kier alpha value is -3.48. The molecule has 0 aliphatic rings. The van der Waals surface area contributed by atoms with Crippen LogP contribution < -0.4 is 5.32 Å². The van der Waals surface area contributed by atoms with Crippen molar-refractivity contribution in [3.8, 4) is 5.75 Å². The third-order valence-corrected chi connectivity index (χ3v) is 4.56. The highest BCUT2D eigenvalue weighted by atomic mass is 19.4. The minimum absolute atomic E-state index is 0.0131. The average Bonchev–Trinajstić information content (AvgIpc) is 3.08. The SMILES string of the molecule is CC=Cc1ccc(C=CC(=O)NCCn2c(C(F)(F)F)cc3ccccc32)cc1O. The van der Waals surface area contributed by atoms with Gasteiger partial charge in [0.2, 0.25) is 5.91 Å². The molecule has 0 radical (unpaired) electrons. The number of phenols is 1. The van der Waals surface area contributed by atoms with E-state index < -0.39 is 17.8 Å². The molecule has 0 aliphatic heterocycles.